The number of ether oxygens (including phenoxy) is 1. The fourth-order valence-electron chi connectivity index (χ4n) is 2.59. The SMILES string of the molecule is O=C1Nc2c(Cl)cccc2C2(CCNCC2)O1. The Morgan fingerprint density at radius 1 is 1.29 bits per heavy atom. The Kier molecular flexibility index (Phi) is 2.49. The van der Waals surface area contributed by atoms with Gasteiger partial charge in [-0.1, -0.05) is 23.7 Å². The van der Waals surface area contributed by atoms with Gasteiger partial charge in [-0.25, -0.2) is 4.79 Å². The number of carbonyl (C=O) groups excluding carboxylic acids is 1. The molecule has 0 saturated carbocycles. The minimum absolute atomic E-state index is 0.410. The molecule has 2 aliphatic heterocycles. The van der Waals surface area contributed by atoms with Gasteiger partial charge < -0.3 is 10.1 Å². The average Bonchev–Trinajstić information content (AvgIpc) is 2.32. The Balaban J connectivity index is 2.13. The summed E-state index contributed by atoms with van der Waals surface area (Å²) in [6, 6.07) is 5.65. The molecule has 0 radical (unpaired) electrons. The largest absolute Gasteiger partial charge is 0.438 e. The number of hydrogen-bond acceptors (Lipinski definition) is 3. The minimum Gasteiger partial charge on any atom is -0.438 e. The highest BCUT2D eigenvalue weighted by Crippen LogP contribution is 2.44. The van der Waals surface area contributed by atoms with Gasteiger partial charge in [0.25, 0.3) is 0 Å². The van der Waals surface area contributed by atoms with Crippen LogP contribution in [0.3, 0.4) is 0 Å². The maximum absolute atomic E-state index is 11.6. The second-order valence-electron chi connectivity index (χ2n) is 4.42. The first kappa shape index (κ1) is 10.9. The quantitative estimate of drug-likeness (QED) is 0.746. The highest BCUT2D eigenvalue weighted by Gasteiger charge is 2.43. The van der Waals surface area contributed by atoms with Crippen molar-refractivity contribution in [3.63, 3.8) is 0 Å². The van der Waals surface area contributed by atoms with E-state index in [4.69, 9.17) is 16.3 Å². The molecule has 4 nitrogen and oxygen atoms in total. The van der Waals surface area contributed by atoms with Crippen molar-refractivity contribution in [3.8, 4) is 0 Å². The van der Waals surface area contributed by atoms with Gasteiger partial charge in [0.05, 0.1) is 10.7 Å². The maximum atomic E-state index is 11.6. The molecule has 90 valence electrons. The van der Waals surface area contributed by atoms with Crippen LogP contribution in [0.4, 0.5) is 10.5 Å². The van der Waals surface area contributed by atoms with E-state index in [-0.39, 0.29) is 0 Å². The first-order valence-corrected chi connectivity index (χ1v) is 6.09. The third kappa shape index (κ3) is 1.68. The molecule has 0 bridgehead atoms. The van der Waals surface area contributed by atoms with Crippen LogP contribution in [0.25, 0.3) is 0 Å². The van der Waals surface area contributed by atoms with Crippen molar-refractivity contribution in [2.24, 2.45) is 0 Å². The number of piperidine rings is 1. The Bertz CT molecular complexity index is 470. The van der Waals surface area contributed by atoms with Crippen molar-refractivity contribution in [1.29, 1.82) is 0 Å². The Labute approximate surface area is 104 Å². The van der Waals surface area contributed by atoms with E-state index >= 15 is 0 Å². The van der Waals surface area contributed by atoms with E-state index < -0.39 is 11.7 Å². The third-order valence-electron chi connectivity index (χ3n) is 3.43. The first-order chi connectivity index (χ1) is 8.21. The number of rotatable bonds is 0. The summed E-state index contributed by atoms with van der Waals surface area (Å²) in [5, 5.41) is 6.52. The molecule has 3 rings (SSSR count). The summed E-state index contributed by atoms with van der Waals surface area (Å²) >= 11 is 6.12. The second kappa shape index (κ2) is 3.89. The molecule has 2 heterocycles. The van der Waals surface area contributed by atoms with E-state index in [0.29, 0.717) is 10.7 Å². The van der Waals surface area contributed by atoms with Gasteiger partial charge in [-0.05, 0) is 19.2 Å². The van der Waals surface area contributed by atoms with Crippen LogP contribution in [0.5, 0.6) is 0 Å². The molecule has 0 unspecified atom stereocenters. The highest BCUT2D eigenvalue weighted by atomic mass is 35.5. The lowest BCUT2D eigenvalue weighted by molar-refractivity contribution is -0.0125. The van der Waals surface area contributed by atoms with Gasteiger partial charge >= 0.3 is 6.09 Å². The van der Waals surface area contributed by atoms with Crippen molar-refractivity contribution < 1.29 is 9.53 Å². The third-order valence-corrected chi connectivity index (χ3v) is 3.75. The molecule has 2 N–H and O–H groups in total. The van der Waals surface area contributed by atoms with Crippen LogP contribution in [0, 0.1) is 0 Å². The number of para-hydroxylation sites is 1. The van der Waals surface area contributed by atoms with Gasteiger partial charge in [-0.15, -0.1) is 0 Å². The van der Waals surface area contributed by atoms with E-state index in [9.17, 15) is 4.79 Å². The molecule has 2 aliphatic rings. The van der Waals surface area contributed by atoms with Gasteiger partial charge in [-0.3, -0.25) is 5.32 Å². The Morgan fingerprint density at radius 2 is 2.06 bits per heavy atom. The highest BCUT2D eigenvalue weighted by molar-refractivity contribution is 6.34. The number of amides is 1. The van der Waals surface area contributed by atoms with Crippen molar-refractivity contribution in [3.05, 3.63) is 28.8 Å². The van der Waals surface area contributed by atoms with E-state index in [1.807, 2.05) is 12.1 Å². The molecular weight excluding hydrogens is 240 g/mol. The van der Waals surface area contributed by atoms with Crippen molar-refractivity contribution >= 4 is 23.4 Å². The first-order valence-electron chi connectivity index (χ1n) is 5.71. The zero-order chi connectivity index (χ0) is 11.9. The number of fused-ring (bicyclic) bond motifs is 2. The fraction of sp³-hybridized carbons (Fsp3) is 0.417. The normalized spacial score (nSPS) is 21.6. The minimum atomic E-state index is -0.506. The topological polar surface area (TPSA) is 50.4 Å². The number of nitrogens with one attached hydrogen (secondary N) is 2. The lowest BCUT2D eigenvalue weighted by Crippen LogP contribution is -2.46. The Morgan fingerprint density at radius 3 is 2.82 bits per heavy atom. The Hall–Kier alpha value is -1.26. The van der Waals surface area contributed by atoms with Gasteiger partial charge in [-0.2, -0.15) is 0 Å². The van der Waals surface area contributed by atoms with Crippen LogP contribution >= 0.6 is 11.6 Å². The molecule has 1 fully saturated rings. The van der Waals surface area contributed by atoms with E-state index in [2.05, 4.69) is 10.6 Å². The summed E-state index contributed by atoms with van der Waals surface area (Å²) in [6.07, 6.45) is 1.16. The molecule has 1 spiro atoms. The number of hydrogen-bond donors (Lipinski definition) is 2. The van der Waals surface area contributed by atoms with Crippen molar-refractivity contribution in [2.45, 2.75) is 18.4 Å². The zero-order valence-electron chi connectivity index (χ0n) is 9.25. The van der Waals surface area contributed by atoms with Crippen LogP contribution in [0.1, 0.15) is 18.4 Å². The number of benzene rings is 1. The average molecular weight is 253 g/mol. The molecular formula is C12H13ClN2O2. The predicted molar refractivity (Wildman–Crippen MR) is 65.3 cm³/mol. The van der Waals surface area contributed by atoms with Gasteiger partial charge in [0.1, 0.15) is 5.60 Å². The molecule has 1 saturated heterocycles. The van der Waals surface area contributed by atoms with Crippen LogP contribution in [0.2, 0.25) is 5.02 Å². The zero-order valence-corrected chi connectivity index (χ0v) is 10.0. The van der Waals surface area contributed by atoms with Gasteiger partial charge in [0, 0.05) is 18.4 Å². The van der Waals surface area contributed by atoms with Gasteiger partial charge in [0.15, 0.2) is 0 Å². The summed E-state index contributed by atoms with van der Waals surface area (Å²) in [5.41, 5.74) is 1.19. The smallest absolute Gasteiger partial charge is 0.412 e. The van der Waals surface area contributed by atoms with E-state index in [1.54, 1.807) is 6.07 Å². The summed E-state index contributed by atoms with van der Waals surface area (Å²) in [5.74, 6) is 0. The monoisotopic (exact) mass is 252 g/mol. The predicted octanol–water partition coefficient (Wildman–Crippen LogP) is 2.48. The second-order valence-corrected chi connectivity index (χ2v) is 4.83. The van der Waals surface area contributed by atoms with Crippen molar-refractivity contribution in [1.82, 2.24) is 5.32 Å². The molecule has 1 aromatic rings. The van der Waals surface area contributed by atoms with E-state index in [0.717, 1.165) is 31.5 Å². The van der Waals surface area contributed by atoms with Crippen LogP contribution < -0.4 is 10.6 Å². The van der Waals surface area contributed by atoms with Crippen LogP contribution in [-0.4, -0.2) is 19.2 Å². The molecule has 0 atom stereocenters. The van der Waals surface area contributed by atoms with Crippen molar-refractivity contribution in [2.75, 3.05) is 18.4 Å². The summed E-state index contributed by atoms with van der Waals surface area (Å²) < 4.78 is 5.55. The van der Waals surface area contributed by atoms with Crippen LogP contribution in [-0.2, 0) is 10.3 Å². The number of carbonyl (C=O) groups is 1. The molecule has 1 amide bonds. The lowest BCUT2D eigenvalue weighted by atomic mass is 9.83. The summed E-state index contributed by atoms with van der Waals surface area (Å²) in [4.78, 5) is 11.6. The number of anilines is 1. The number of halogens is 1. The standard InChI is InChI=1S/C12H13ClN2O2/c13-9-3-1-2-8-10(9)15-11(16)17-12(8)4-6-14-7-5-12/h1-3,14H,4-7H2,(H,15,16). The molecule has 0 aliphatic carbocycles. The maximum Gasteiger partial charge on any atom is 0.412 e. The molecule has 0 aromatic heterocycles. The van der Waals surface area contributed by atoms with Gasteiger partial charge in [0.2, 0.25) is 0 Å². The molecule has 1 aromatic carbocycles. The molecule has 5 heteroatoms. The summed E-state index contributed by atoms with van der Waals surface area (Å²) in [7, 11) is 0. The fourth-order valence-corrected chi connectivity index (χ4v) is 2.81. The van der Waals surface area contributed by atoms with Crippen LogP contribution in [0.15, 0.2) is 18.2 Å². The lowest BCUT2D eigenvalue weighted by Gasteiger charge is -2.41. The van der Waals surface area contributed by atoms with E-state index in [1.165, 1.54) is 0 Å². The molecule has 17 heavy (non-hydrogen) atoms. The summed E-state index contributed by atoms with van der Waals surface area (Å²) in [6.45, 7) is 1.69.